The number of nitrogens with one attached hydrogen (secondary N) is 1. The van der Waals surface area contributed by atoms with Gasteiger partial charge in [0.2, 0.25) is 0 Å². The quantitative estimate of drug-likeness (QED) is 0.908. The van der Waals surface area contributed by atoms with Crippen molar-refractivity contribution >= 4 is 29.0 Å². The lowest BCUT2D eigenvalue weighted by Gasteiger charge is -2.09. The molecular weight excluding hydrogens is 278 g/mol. The summed E-state index contributed by atoms with van der Waals surface area (Å²) < 4.78 is 5.32. The number of benzene rings is 1. The predicted octanol–water partition coefficient (Wildman–Crippen LogP) is 2.64. The van der Waals surface area contributed by atoms with E-state index in [1.54, 1.807) is 36.4 Å². The number of aromatic nitrogens is 1. The van der Waals surface area contributed by atoms with Crippen LogP contribution in [-0.2, 0) is 4.79 Å². The number of aryl methyl sites for hydroxylation is 1. The Hall–Kier alpha value is -2.27. The highest BCUT2D eigenvalue weighted by Gasteiger charge is 2.06. The smallest absolute Gasteiger partial charge is 0.262 e. The van der Waals surface area contributed by atoms with Crippen molar-refractivity contribution in [2.45, 2.75) is 6.92 Å². The fourth-order valence-corrected chi connectivity index (χ4v) is 1.69. The van der Waals surface area contributed by atoms with Crippen molar-refractivity contribution in [1.29, 1.82) is 0 Å². The number of halogens is 1. The topological polar surface area (TPSA) is 77.2 Å². The summed E-state index contributed by atoms with van der Waals surface area (Å²) in [5.74, 6) is 0.374. The highest BCUT2D eigenvalue weighted by atomic mass is 35.5. The van der Waals surface area contributed by atoms with Crippen LogP contribution in [0.3, 0.4) is 0 Å². The summed E-state index contributed by atoms with van der Waals surface area (Å²) in [6.45, 7) is 1.69. The van der Waals surface area contributed by atoms with Gasteiger partial charge in [-0.2, -0.15) is 0 Å². The average Bonchev–Trinajstić information content (AvgIpc) is 2.40. The Morgan fingerprint density at radius 2 is 2.00 bits per heavy atom. The maximum Gasteiger partial charge on any atom is 0.262 e. The number of carbonyl (C=O) groups is 1. The van der Waals surface area contributed by atoms with Crippen molar-refractivity contribution in [3.8, 4) is 5.75 Å². The van der Waals surface area contributed by atoms with E-state index < -0.39 is 0 Å². The number of nitrogen functional groups attached to an aromatic ring is 1. The van der Waals surface area contributed by atoms with E-state index in [4.69, 9.17) is 22.1 Å². The molecule has 0 aliphatic heterocycles. The standard InChI is InChI=1S/C14H14ClN3O2/c1-9-2-7-12(14(16)17-9)20-8-13(19)18-11-5-3-10(15)4-6-11/h2-7H,8H2,1H3,(H2,16,17)(H,18,19). The molecule has 0 spiro atoms. The number of hydrogen-bond acceptors (Lipinski definition) is 4. The molecule has 1 aromatic heterocycles. The Bertz CT molecular complexity index is 614. The van der Waals surface area contributed by atoms with Crippen LogP contribution in [0, 0.1) is 6.92 Å². The zero-order valence-electron chi connectivity index (χ0n) is 10.9. The molecule has 0 saturated heterocycles. The van der Waals surface area contributed by atoms with E-state index in [1.165, 1.54) is 0 Å². The molecule has 3 N–H and O–H groups in total. The Labute approximate surface area is 121 Å². The van der Waals surface area contributed by atoms with Crippen LogP contribution in [0.4, 0.5) is 11.5 Å². The van der Waals surface area contributed by atoms with Gasteiger partial charge in [-0.1, -0.05) is 11.6 Å². The van der Waals surface area contributed by atoms with Crippen LogP contribution < -0.4 is 15.8 Å². The van der Waals surface area contributed by atoms with E-state index in [1.807, 2.05) is 6.92 Å². The number of nitrogens with zero attached hydrogens (tertiary/aromatic N) is 1. The molecule has 104 valence electrons. The lowest BCUT2D eigenvalue weighted by Crippen LogP contribution is -2.20. The van der Waals surface area contributed by atoms with Crippen LogP contribution in [0.25, 0.3) is 0 Å². The summed E-state index contributed by atoms with van der Waals surface area (Å²) in [7, 11) is 0. The first-order valence-electron chi connectivity index (χ1n) is 5.96. The molecule has 0 bridgehead atoms. The van der Waals surface area contributed by atoms with Crippen LogP contribution in [0.2, 0.25) is 5.02 Å². The van der Waals surface area contributed by atoms with Gasteiger partial charge in [-0.05, 0) is 43.3 Å². The van der Waals surface area contributed by atoms with Crippen LogP contribution in [0.5, 0.6) is 5.75 Å². The van der Waals surface area contributed by atoms with Crippen molar-refractivity contribution in [2.75, 3.05) is 17.7 Å². The van der Waals surface area contributed by atoms with Crippen LogP contribution in [0.15, 0.2) is 36.4 Å². The highest BCUT2D eigenvalue weighted by Crippen LogP contribution is 2.19. The van der Waals surface area contributed by atoms with E-state index in [2.05, 4.69) is 10.3 Å². The zero-order chi connectivity index (χ0) is 14.5. The van der Waals surface area contributed by atoms with Crippen molar-refractivity contribution in [3.05, 3.63) is 47.1 Å². The largest absolute Gasteiger partial charge is 0.480 e. The molecule has 0 atom stereocenters. The molecule has 2 rings (SSSR count). The number of pyridine rings is 1. The van der Waals surface area contributed by atoms with Crippen molar-refractivity contribution in [3.63, 3.8) is 0 Å². The van der Waals surface area contributed by atoms with Gasteiger partial charge in [0.25, 0.3) is 5.91 Å². The number of rotatable bonds is 4. The first-order valence-corrected chi connectivity index (χ1v) is 6.34. The van der Waals surface area contributed by atoms with Gasteiger partial charge in [0.1, 0.15) is 0 Å². The molecule has 0 radical (unpaired) electrons. The molecule has 0 saturated carbocycles. The molecule has 20 heavy (non-hydrogen) atoms. The minimum absolute atomic E-state index is 0.141. The van der Waals surface area contributed by atoms with E-state index in [9.17, 15) is 4.79 Å². The summed E-state index contributed by atoms with van der Waals surface area (Å²) in [4.78, 5) is 15.8. The molecule has 1 aromatic carbocycles. The third kappa shape index (κ3) is 3.86. The maximum atomic E-state index is 11.7. The second-order valence-corrected chi connectivity index (χ2v) is 4.62. The average molecular weight is 292 g/mol. The van der Waals surface area contributed by atoms with Gasteiger partial charge in [0, 0.05) is 16.4 Å². The molecule has 1 amide bonds. The molecule has 0 aliphatic carbocycles. The minimum atomic E-state index is -0.285. The van der Waals surface area contributed by atoms with Crippen LogP contribution in [0.1, 0.15) is 5.69 Å². The predicted molar refractivity (Wildman–Crippen MR) is 79.0 cm³/mol. The highest BCUT2D eigenvalue weighted by molar-refractivity contribution is 6.30. The molecule has 0 aliphatic rings. The number of nitrogens with two attached hydrogens (primary N) is 1. The molecular formula is C14H14ClN3O2. The van der Waals surface area contributed by atoms with E-state index in [0.717, 1.165) is 5.69 Å². The monoisotopic (exact) mass is 291 g/mol. The Balaban J connectivity index is 1.90. The normalized spacial score (nSPS) is 10.1. The molecule has 6 heteroatoms. The Morgan fingerprint density at radius 1 is 1.30 bits per heavy atom. The van der Waals surface area contributed by atoms with Gasteiger partial charge in [-0.15, -0.1) is 0 Å². The van der Waals surface area contributed by atoms with Crippen molar-refractivity contribution in [1.82, 2.24) is 4.98 Å². The number of carbonyl (C=O) groups excluding carboxylic acids is 1. The first-order chi connectivity index (χ1) is 9.54. The summed E-state index contributed by atoms with van der Waals surface area (Å²) >= 11 is 5.76. The van der Waals surface area contributed by atoms with E-state index in [-0.39, 0.29) is 18.3 Å². The fraction of sp³-hybridized carbons (Fsp3) is 0.143. The van der Waals surface area contributed by atoms with Crippen LogP contribution >= 0.6 is 11.6 Å². The fourth-order valence-electron chi connectivity index (χ4n) is 1.56. The molecule has 2 aromatic rings. The van der Waals surface area contributed by atoms with Gasteiger partial charge >= 0.3 is 0 Å². The molecule has 1 heterocycles. The number of anilines is 2. The summed E-state index contributed by atoms with van der Waals surface area (Å²) in [6, 6.07) is 10.3. The summed E-state index contributed by atoms with van der Waals surface area (Å²) in [5.41, 5.74) is 7.14. The van der Waals surface area contributed by atoms with E-state index >= 15 is 0 Å². The Morgan fingerprint density at radius 3 is 2.65 bits per heavy atom. The van der Waals surface area contributed by atoms with Gasteiger partial charge < -0.3 is 15.8 Å². The molecule has 0 unspecified atom stereocenters. The first kappa shape index (κ1) is 14.1. The van der Waals surface area contributed by atoms with Gasteiger partial charge in [0.15, 0.2) is 18.2 Å². The number of hydrogen-bond donors (Lipinski definition) is 2. The summed E-state index contributed by atoms with van der Waals surface area (Å²) in [5, 5.41) is 3.30. The number of amides is 1. The molecule has 0 fully saturated rings. The third-order valence-corrected chi connectivity index (χ3v) is 2.76. The minimum Gasteiger partial charge on any atom is -0.480 e. The lowest BCUT2D eigenvalue weighted by molar-refractivity contribution is -0.118. The second-order valence-electron chi connectivity index (χ2n) is 4.18. The van der Waals surface area contributed by atoms with Gasteiger partial charge in [-0.3, -0.25) is 4.79 Å². The maximum absolute atomic E-state index is 11.7. The van der Waals surface area contributed by atoms with Gasteiger partial charge in [0.05, 0.1) is 0 Å². The summed E-state index contributed by atoms with van der Waals surface area (Å²) in [6.07, 6.45) is 0. The second kappa shape index (κ2) is 6.25. The lowest BCUT2D eigenvalue weighted by atomic mass is 10.3. The van der Waals surface area contributed by atoms with Crippen LogP contribution in [-0.4, -0.2) is 17.5 Å². The van der Waals surface area contributed by atoms with E-state index in [0.29, 0.717) is 16.5 Å². The third-order valence-electron chi connectivity index (χ3n) is 2.51. The van der Waals surface area contributed by atoms with Crippen molar-refractivity contribution in [2.24, 2.45) is 0 Å². The number of ether oxygens (including phenoxy) is 1. The Kier molecular flexibility index (Phi) is 4.42. The van der Waals surface area contributed by atoms with Crippen molar-refractivity contribution < 1.29 is 9.53 Å². The molecule has 5 nitrogen and oxygen atoms in total. The SMILES string of the molecule is Cc1ccc(OCC(=O)Nc2ccc(Cl)cc2)c(N)n1. The van der Waals surface area contributed by atoms with Gasteiger partial charge in [-0.25, -0.2) is 4.98 Å². The zero-order valence-corrected chi connectivity index (χ0v) is 11.6.